The molecule has 262 valence electrons. The summed E-state index contributed by atoms with van der Waals surface area (Å²) in [5.74, 6) is -0.227. The molecule has 4 heteroatoms. The van der Waals surface area contributed by atoms with Gasteiger partial charge in [-0.25, -0.2) is 0 Å². The van der Waals surface area contributed by atoms with Crippen molar-refractivity contribution in [3.8, 4) is 0 Å². The predicted molar refractivity (Wildman–Crippen MR) is 191 cm³/mol. The minimum Gasteiger partial charge on any atom is -0.481 e. The van der Waals surface area contributed by atoms with Gasteiger partial charge in [-0.15, -0.1) is 0 Å². The fourth-order valence-electron chi connectivity index (χ4n) is 6.44. The number of rotatable bonds is 38. The van der Waals surface area contributed by atoms with Crippen LogP contribution in [0.1, 0.15) is 238 Å². The molecule has 0 rings (SSSR count). The van der Waals surface area contributed by atoms with E-state index >= 15 is 0 Å². The molecular formula is C40H78O4. The number of carbonyl (C=O) groups excluding carboxylic acids is 1. The number of aliphatic hydroxyl groups excluding tert-OH is 1. The number of aliphatic carboxylic acids is 1. The zero-order valence-corrected chi connectivity index (χ0v) is 29.7. The number of hydrogen-bond acceptors (Lipinski definition) is 3. The minimum atomic E-state index is -0.682. The maximum atomic E-state index is 12.1. The molecule has 0 unspecified atom stereocenters. The van der Waals surface area contributed by atoms with Gasteiger partial charge in [0.25, 0.3) is 0 Å². The lowest BCUT2D eigenvalue weighted by Crippen LogP contribution is -2.05. The SMILES string of the molecule is CCCCCCCCCCCCCCCC[C@H](O)CCCCCCCCCCC(=O)CCCCCCCCCCCC(=O)O. The Labute approximate surface area is 275 Å². The molecule has 0 spiro atoms. The van der Waals surface area contributed by atoms with Crippen LogP contribution in [0, 0.1) is 0 Å². The molecule has 0 aromatic carbocycles. The van der Waals surface area contributed by atoms with Gasteiger partial charge < -0.3 is 10.2 Å². The average Bonchev–Trinajstić information content (AvgIpc) is 3.00. The Morgan fingerprint density at radius 3 is 0.932 bits per heavy atom. The first kappa shape index (κ1) is 43.1. The third kappa shape index (κ3) is 37.3. The Morgan fingerprint density at radius 2 is 0.636 bits per heavy atom. The van der Waals surface area contributed by atoms with E-state index < -0.39 is 5.97 Å². The van der Waals surface area contributed by atoms with Crippen LogP contribution in [0.5, 0.6) is 0 Å². The summed E-state index contributed by atoms with van der Waals surface area (Å²) in [6, 6.07) is 0. The second kappa shape index (κ2) is 36.6. The van der Waals surface area contributed by atoms with Crippen LogP contribution >= 0.6 is 0 Å². The van der Waals surface area contributed by atoms with Crippen LogP contribution in [0.4, 0.5) is 0 Å². The fraction of sp³-hybridized carbons (Fsp3) is 0.950. The Kier molecular flexibility index (Phi) is 35.8. The highest BCUT2D eigenvalue weighted by atomic mass is 16.4. The molecule has 0 aromatic heterocycles. The van der Waals surface area contributed by atoms with E-state index in [0.717, 1.165) is 57.8 Å². The lowest BCUT2D eigenvalue weighted by molar-refractivity contribution is -0.137. The van der Waals surface area contributed by atoms with E-state index in [1.165, 1.54) is 167 Å². The second-order valence-corrected chi connectivity index (χ2v) is 14.0. The zero-order chi connectivity index (χ0) is 32.2. The van der Waals surface area contributed by atoms with Gasteiger partial charge in [0.05, 0.1) is 6.10 Å². The molecule has 44 heavy (non-hydrogen) atoms. The van der Waals surface area contributed by atoms with Gasteiger partial charge in [0.1, 0.15) is 5.78 Å². The molecule has 0 saturated heterocycles. The van der Waals surface area contributed by atoms with Crippen LogP contribution in [-0.4, -0.2) is 28.1 Å². The normalized spacial score (nSPS) is 12.1. The summed E-state index contributed by atoms with van der Waals surface area (Å²) in [4.78, 5) is 22.6. The largest absolute Gasteiger partial charge is 0.481 e. The molecule has 0 heterocycles. The van der Waals surface area contributed by atoms with Crippen molar-refractivity contribution >= 4 is 11.8 Å². The van der Waals surface area contributed by atoms with Crippen LogP contribution in [0.25, 0.3) is 0 Å². The number of Topliss-reactive ketones (excluding diaryl/α,β-unsaturated/α-hetero) is 1. The number of hydrogen-bond donors (Lipinski definition) is 2. The lowest BCUT2D eigenvalue weighted by atomic mass is 10.0. The van der Waals surface area contributed by atoms with Gasteiger partial charge in [0.15, 0.2) is 0 Å². The topological polar surface area (TPSA) is 74.6 Å². The van der Waals surface area contributed by atoms with E-state index in [1.807, 2.05) is 0 Å². The summed E-state index contributed by atoms with van der Waals surface area (Å²) in [7, 11) is 0. The first-order chi connectivity index (χ1) is 21.6. The van der Waals surface area contributed by atoms with Crippen molar-refractivity contribution in [2.45, 2.75) is 244 Å². The zero-order valence-electron chi connectivity index (χ0n) is 29.7. The molecule has 4 nitrogen and oxygen atoms in total. The molecular weight excluding hydrogens is 544 g/mol. The van der Waals surface area contributed by atoms with Gasteiger partial charge in [-0.05, 0) is 32.1 Å². The number of unbranched alkanes of at least 4 members (excludes halogenated alkanes) is 28. The predicted octanol–water partition coefficient (Wildman–Crippen LogP) is 13.1. The molecule has 0 saturated carbocycles. The van der Waals surface area contributed by atoms with Crippen LogP contribution in [0.3, 0.4) is 0 Å². The number of carboxylic acid groups (broad SMARTS) is 1. The smallest absolute Gasteiger partial charge is 0.303 e. The Balaban J connectivity index is 3.24. The monoisotopic (exact) mass is 623 g/mol. The molecule has 0 amide bonds. The van der Waals surface area contributed by atoms with E-state index in [-0.39, 0.29) is 6.10 Å². The summed E-state index contributed by atoms with van der Waals surface area (Å²) in [6.45, 7) is 2.29. The Bertz CT molecular complexity index is 590. The molecule has 2 N–H and O–H groups in total. The van der Waals surface area contributed by atoms with Crippen molar-refractivity contribution in [1.82, 2.24) is 0 Å². The second-order valence-electron chi connectivity index (χ2n) is 14.0. The van der Waals surface area contributed by atoms with E-state index in [2.05, 4.69) is 6.92 Å². The molecule has 0 bridgehead atoms. The maximum absolute atomic E-state index is 12.1. The van der Waals surface area contributed by atoms with Gasteiger partial charge in [-0.1, -0.05) is 187 Å². The molecule has 0 aliphatic heterocycles. The molecule has 0 aliphatic rings. The molecule has 0 radical (unpaired) electrons. The summed E-state index contributed by atoms with van der Waals surface area (Å²) in [5, 5.41) is 18.9. The molecule has 0 aliphatic carbocycles. The standard InChI is InChI=1S/C40H78O4/c1-2-3-4-5-6-7-8-9-10-11-13-18-23-28-33-38(41)35-30-25-20-16-17-21-26-31-36-39(42)34-29-24-19-14-12-15-22-27-32-37-40(43)44/h38,41H,2-37H2,1H3,(H,43,44)/t38-/m0/s1. The van der Waals surface area contributed by atoms with E-state index in [9.17, 15) is 14.7 Å². The van der Waals surface area contributed by atoms with Gasteiger partial charge >= 0.3 is 5.97 Å². The van der Waals surface area contributed by atoms with Crippen LogP contribution in [0.15, 0.2) is 0 Å². The average molecular weight is 623 g/mol. The number of ketones is 1. The molecule has 0 aromatic rings. The molecule has 0 fully saturated rings. The Morgan fingerprint density at radius 1 is 0.386 bits per heavy atom. The van der Waals surface area contributed by atoms with Crippen molar-refractivity contribution in [2.24, 2.45) is 0 Å². The van der Waals surface area contributed by atoms with Crippen LogP contribution < -0.4 is 0 Å². The van der Waals surface area contributed by atoms with Crippen LogP contribution in [0.2, 0.25) is 0 Å². The van der Waals surface area contributed by atoms with Crippen molar-refractivity contribution in [2.75, 3.05) is 0 Å². The lowest BCUT2D eigenvalue weighted by Gasteiger charge is -2.10. The first-order valence-corrected chi connectivity index (χ1v) is 20.0. The van der Waals surface area contributed by atoms with E-state index in [0.29, 0.717) is 12.2 Å². The highest BCUT2D eigenvalue weighted by Gasteiger charge is 2.05. The van der Waals surface area contributed by atoms with Gasteiger partial charge in [-0.2, -0.15) is 0 Å². The quantitative estimate of drug-likeness (QED) is 0.0672. The summed E-state index contributed by atoms with van der Waals surface area (Å²) in [6.07, 6.45) is 43.1. The summed E-state index contributed by atoms with van der Waals surface area (Å²) < 4.78 is 0. The maximum Gasteiger partial charge on any atom is 0.303 e. The van der Waals surface area contributed by atoms with Gasteiger partial charge in [0.2, 0.25) is 0 Å². The third-order valence-corrected chi connectivity index (χ3v) is 9.48. The van der Waals surface area contributed by atoms with Gasteiger partial charge in [0, 0.05) is 19.3 Å². The minimum absolute atomic E-state index is 0.0852. The van der Waals surface area contributed by atoms with Crippen LogP contribution in [-0.2, 0) is 9.59 Å². The van der Waals surface area contributed by atoms with Crippen molar-refractivity contribution in [3.63, 3.8) is 0 Å². The summed E-state index contributed by atoms with van der Waals surface area (Å²) in [5.41, 5.74) is 0. The number of aliphatic hydroxyl groups is 1. The van der Waals surface area contributed by atoms with E-state index in [4.69, 9.17) is 5.11 Å². The van der Waals surface area contributed by atoms with Crippen molar-refractivity contribution in [3.05, 3.63) is 0 Å². The highest BCUT2D eigenvalue weighted by molar-refractivity contribution is 5.78. The highest BCUT2D eigenvalue weighted by Crippen LogP contribution is 2.17. The Hall–Kier alpha value is -0.900. The summed E-state index contributed by atoms with van der Waals surface area (Å²) >= 11 is 0. The third-order valence-electron chi connectivity index (χ3n) is 9.48. The first-order valence-electron chi connectivity index (χ1n) is 20.0. The van der Waals surface area contributed by atoms with Gasteiger partial charge in [-0.3, -0.25) is 9.59 Å². The van der Waals surface area contributed by atoms with Crippen molar-refractivity contribution < 1.29 is 19.8 Å². The van der Waals surface area contributed by atoms with Crippen molar-refractivity contribution in [1.29, 1.82) is 0 Å². The fourth-order valence-corrected chi connectivity index (χ4v) is 6.44. The number of carbonyl (C=O) groups is 2. The van der Waals surface area contributed by atoms with E-state index in [1.54, 1.807) is 0 Å². The molecule has 1 atom stereocenters. The number of carboxylic acids is 1.